The fourth-order valence-corrected chi connectivity index (χ4v) is 7.83. The topological polar surface area (TPSA) is 181 Å². The van der Waals surface area contributed by atoms with E-state index < -0.39 is 79.9 Å². The normalized spacial score (nSPS) is 31.7. The molecule has 5 aliphatic rings. The minimum atomic E-state index is -3.97. The van der Waals surface area contributed by atoms with Crippen LogP contribution in [0, 0.1) is 5.92 Å². The van der Waals surface area contributed by atoms with Gasteiger partial charge in [0, 0.05) is 25.4 Å². The van der Waals surface area contributed by atoms with Gasteiger partial charge in [-0.05, 0) is 79.1 Å². The average molecular weight is 680 g/mol. The molecule has 262 valence electrons. The monoisotopic (exact) mass is 679 g/mol. The quantitative estimate of drug-likeness (QED) is 0.368. The summed E-state index contributed by atoms with van der Waals surface area (Å²) in [6.07, 6.45) is 7.61. The van der Waals surface area contributed by atoms with E-state index in [0.29, 0.717) is 45.2 Å². The molecule has 14 nitrogen and oxygen atoms in total. The van der Waals surface area contributed by atoms with Gasteiger partial charge in [0.05, 0.1) is 11.3 Å². The standard InChI is InChI=1S/C32H49N5O9S/c1-30(2,3)46-28(41)33-23-13-9-7-5-6-8-12-21-19-32(21,27(40)35-47(43,44)31(4)14-15-31)34-25(38)24-18-22(20-37(24)26(23)39)45-29(42)36-16-10-11-17-36/h8,12,21-24H,5-7,9-11,13-20H2,1-4H3,(H,33,41)(H,34,38)(H,35,40)/b12-8-/t21-,22-,23+,24+,32-/m1/s1. The Balaban J connectivity index is 1.41. The van der Waals surface area contributed by atoms with E-state index in [1.807, 2.05) is 12.2 Å². The number of likely N-dealkylation sites (tertiary alicyclic amines) is 1. The molecule has 0 aromatic carbocycles. The Kier molecular flexibility index (Phi) is 9.87. The van der Waals surface area contributed by atoms with Gasteiger partial charge in [0.2, 0.25) is 21.8 Å². The molecule has 2 saturated heterocycles. The van der Waals surface area contributed by atoms with Crippen LogP contribution in [0.15, 0.2) is 12.2 Å². The minimum Gasteiger partial charge on any atom is -0.444 e. The maximum Gasteiger partial charge on any atom is 0.410 e. The highest BCUT2D eigenvalue weighted by molar-refractivity contribution is 7.91. The molecule has 15 heteroatoms. The van der Waals surface area contributed by atoms with Crippen LogP contribution in [0.5, 0.6) is 0 Å². The number of alkyl carbamates (subject to hydrolysis) is 1. The van der Waals surface area contributed by atoms with Crippen molar-refractivity contribution < 1.29 is 41.9 Å². The molecule has 0 aromatic heterocycles. The lowest BCUT2D eigenvalue weighted by atomic mass is 10.0. The molecule has 2 saturated carbocycles. The van der Waals surface area contributed by atoms with Crippen molar-refractivity contribution in [2.45, 2.75) is 132 Å². The van der Waals surface area contributed by atoms with Crippen LogP contribution in [-0.4, -0.2) is 102 Å². The number of amides is 5. The number of carbonyl (C=O) groups is 5. The second-order valence-corrected chi connectivity index (χ2v) is 17.1. The molecular formula is C32H49N5O9S. The zero-order chi connectivity index (χ0) is 34.2. The predicted molar refractivity (Wildman–Crippen MR) is 170 cm³/mol. The average Bonchev–Trinajstić information content (AvgIpc) is 3.72. The maximum absolute atomic E-state index is 14.2. The zero-order valence-electron chi connectivity index (χ0n) is 27.8. The SMILES string of the molecule is CC(C)(C)OC(=O)N[C@H]1CCCCC/C=C\[C@@H]2C[C@@]2(C(=O)NS(=O)(=O)C2(C)CC2)NC(=O)[C@@H]2C[C@@H](OC(=O)N3CCCC3)CN2C1=O. The van der Waals surface area contributed by atoms with Crippen molar-refractivity contribution in [3.8, 4) is 0 Å². The van der Waals surface area contributed by atoms with E-state index in [9.17, 15) is 32.4 Å². The summed E-state index contributed by atoms with van der Waals surface area (Å²) >= 11 is 0. The van der Waals surface area contributed by atoms with Crippen LogP contribution < -0.4 is 15.4 Å². The number of nitrogens with zero attached hydrogens (tertiary/aromatic N) is 2. The molecule has 0 bridgehead atoms. The molecule has 0 unspecified atom stereocenters. The summed E-state index contributed by atoms with van der Waals surface area (Å²) in [5.41, 5.74) is -2.32. The molecule has 3 heterocycles. The fraction of sp³-hybridized carbons (Fsp3) is 0.781. The minimum absolute atomic E-state index is 0.0229. The van der Waals surface area contributed by atoms with Gasteiger partial charge in [-0.3, -0.25) is 19.1 Å². The molecule has 0 spiro atoms. The highest BCUT2D eigenvalue weighted by Crippen LogP contribution is 2.47. The molecule has 3 N–H and O–H groups in total. The van der Waals surface area contributed by atoms with Gasteiger partial charge in [-0.15, -0.1) is 0 Å². The Labute approximate surface area is 276 Å². The van der Waals surface area contributed by atoms with Crippen LogP contribution in [-0.2, 0) is 33.9 Å². The van der Waals surface area contributed by atoms with Crippen molar-refractivity contribution in [1.29, 1.82) is 0 Å². The molecule has 5 rings (SSSR count). The van der Waals surface area contributed by atoms with Crippen LogP contribution in [0.3, 0.4) is 0 Å². The Morgan fingerprint density at radius 1 is 1.04 bits per heavy atom. The van der Waals surface area contributed by atoms with Gasteiger partial charge >= 0.3 is 12.2 Å². The van der Waals surface area contributed by atoms with Gasteiger partial charge in [-0.2, -0.15) is 0 Å². The second kappa shape index (κ2) is 13.3. The van der Waals surface area contributed by atoms with Gasteiger partial charge in [-0.25, -0.2) is 18.0 Å². The van der Waals surface area contributed by atoms with Crippen LogP contribution in [0.25, 0.3) is 0 Å². The Bertz CT molecular complexity index is 1400. The zero-order valence-corrected chi connectivity index (χ0v) is 28.7. The lowest BCUT2D eigenvalue weighted by Gasteiger charge is -2.30. The summed E-state index contributed by atoms with van der Waals surface area (Å²) in [4.78, 5) is 70.5. The van der Waals surface area contributed by atoms with Gasteiger partial charge in [-0.1, -0.05) is 25.0 Å². The summed E-state index contributed by atoms with van der Waals surface area (Å²) < 4.78 is 38.4. The van der Waals surface area contributed by atoms with Crippen molar-refractivity contribution in [2.75, 3.05) is 19.6 Å². The third-order valence-corrected chi connectivity index (χ3v) is 12.0. The fourth-order valence-electron chi connectivity index (χ4n) is 6.51. The van der Waals surface area contributed by atoms with Gasteiger partial charge in [0.25, 0.3) is 5.91 Å². The Morgan fingerprint density at radius 3 is 2.40 bits per heavy atom. The van der Waals surface area contributed by atoms with Gasteiger partial charge in [0.15, 0.2) is 0 Å². The number of nitrogens with one attached hydrogen (secondary N) is 3. The summed E-state index contributed by atoms with van der Waals surface area (Å²) in [6.45, 7) is 7.76. The van der Waals surface area contributed by atoms with Gasteiger partial charge < -0.3 is 29.9 Å². The maximum atomic E-state index is 14.2. The summed E-state index contributed by atoms with van der Waals surface area (Å²) in [5, 5.41) is 5.50. The molecule has 4 fully saturated rings. The summed E-state index contributed by atoms with van der Waals surface area (Å²) in [7, 11) is -3.97. The number of sulfonamides is 1. The summed E-state index contributed by atoms with van der Waals surface area (Å²) in [5.74, 6) is -2.44. The van der Waals surface area contributed by atoms with Crippen LogP contribution >= 0.6 is 0 Å². The molecule has 0 radical (unpaired) electrons. The van der Waals surface area contributed by atoms with E-state index in [2.05, 4.69) is 15.4 Å². The molecular weight excluding hydrogens is 630 g/mol. The highest BCUT2D eigenvalue weighted by atomic mass is 32.2. The molecule has 5 atom stereocenters. The third kappa shape index (κ3) is 8.03. The predicted octanol–water partition coefficient (Wildman–Crippen LogP) is 2.48. The van der Waals surface area contributed by atoms with E-state index in [4.69, 9.17) is 9.47 Å². The number of ether oxygens (including phenoxy) is 2. The number of hydrogen-bond donors (Lipinski definition) is 3. The first-order valence-corrected chi connectivity index (χ1v) is 18.3. The van der Waals surface area contributed by atoms with Crippen LogP contribution in [0.2, 0.25) is 0 Å². The van der Waals surface area contributed by atoms with E-state index in [0.717, 1.165) is 25.7 Å². The first-order valence-electron chi connectivity index (χ1n) is 16.8. The largest absolute Gasteiger partial charge is 0.444 e. The number of carbonyl (C=O) groups excluding carboxylic acids is 5. The second-order valence-electron chi connectivity index (χ2n) is 14.9. The first-order chi connectivity index (χ1) is 22.0. The molecule has 0 aromatic rings. The summed E-state index contributed by atoms with van der Waals surface area (Å²) in [6, 6.07) is -2.15. The van der Waals surface area contributed by atoms with Crippen LogP contribution in [0.1, 0.15) is 98.3 Å². The van der Waals surface area contributed by atoms with Crippen molar-refractivity contribution in [3.63, 3.8) is 0 Å². The smallest absolute Gasteiger partial charge is 0.410 e. The Hall–Kier alpha value is -3.36. The van der Waals surface area contributed by atoms with E-state index >= 15 is 0 Å². The number of rotatable bonds is 5. The van der Waals surface area contributed by atoms with Crippen molar-refractivity contribution in [2.24, 2.45) is 5.92 Å². The van der Waals surface area contributed by atoms with E-state index in [1.54, 1.807) is 32.6 Å². The number of hydrogen-bond acceptors (Lipinski definition) is 9. The van der Waals surface area contributed by atoms with Crippen molar-refractivity contribution >= 4 is 39.9 Å². The third-order valence-electron chi connectivity index (χ3n) is 9.80. The van der Waals surface area contributed by atoms with E-state index in [1.165, 1.54) is 4.90 Å². The van der Waals surface area contributed by atoms with E-state index in [-0.39, 0.29) is 19.4 Å². The highest BCUT2D eigenvalue weighted by Gasteiger charge is 2.63. The first kappa shape index (κ1) is 35.0. The number of allylic oxidation sites excluding steroid dienone is 1. The van der Waals surface area contributed by atoms with Gasteiger partial charge in [0.1, 0.15) is 29.3 Å². The lowest BCUT2D eigenvalue weighted by molar-refractivity contribution is -0.141. The molecule has 47 heavy (non-hydrogen) atoms. The van der Waals surface area contributed by atoms with Crippen LogP contribution in [0.4, 0.5) is 9.59 Å². The molecule has 3 aliphatic heterocycles. The number of fused-ring (bicyclic) bond motifs is 2. The lowest BCUT2D eigenvalue weighted by Crippen LogP contribution is -2.58. The molecule has 5 amide bonds. The van der Waals surface area contributed by atoms with Crippen molar-refractivity contribution in [1.82, 2.24) is 25.2 Å². The molecule has 2 aliphatic carbocycles. The Morgan fingerprint density at radius 2 is 1.74 bits per heavy atom. The van der Waals surface area contributed by atoms with Crippen molar-refractivity contribution in [3.05, 3.63) is 12.2 Å².